The van der Waals surface area contributed by atoms with Gasteiger partial charge in [-0.05, 0) is 12.1 Å². The molecule has 0 aliphatic heterocycles. The highest BCUT2D eigenvalue weighted by atomic mass is 35.5. The molecule has 1 heterocycles. The van der Waals surface area contributed by atoms with E-state index in [0.29, 0.717) is 6.42 Å². The van der Waals surface area contributed by atoms with E-state index in [0.717, 1.165) is 0 Å². The van der Waals surface area contributed by atoms with Crippen LogP contribution in [0.4, 0.5) is 10.1 Å². The van der Waals surface area contributed by atoms with E-state index in [4.69, 9.17) is 5.73 Å². The summed E-state index contributed by atoms with van der Waals surface area (Å²) in [5.41, 5.74) is 5.26. The first-order chi connectivity index (χ1) is 5.70. The summed E-state index contributed by atoms with van der Waals surface area (Å²) in [6, 6.07) is 2.90. The van der Waals surface area contributed by atoms with Crippen LogP contribution in [0.1, 0.15) is 12.5 Å². The van der Waals surface area contributed by atoms with Crippen LogP contribution in [0, 0.1) is 0 Å². The minimum atomic E-state index is -0.871. The van der Waals surface area contributed by atoms with Gasteiger partial charge in [0.05, 0.1) is 11.7 Å². The van der Waals surface area contributed by atoms with Crippen LogP contribution < -0.4 is 11.3 Å². The van der Waals surface area contributed by atoms with Crippen molar-refractivity contribution in [2.75, 3.05) is 5.73 Å². The van der Waals surface area contributed by atoms with Crippen LogP contribution in [0.3, 0.4) is 0 Å². The molecule has 1 aliphatic rings. The van der Waals surface area contributed by atoms with Crippen molar-refractivity contribution in [3.05, 3.63) is 28.7 Å². The van der Waals surface area contributed by atoms with Gasteiger partial charge in [0.2, 0.25) is 0 Å². The average Bonchev–Trinajstić information content (AvgIpc) is 2.73. The van der Waals surface area contributed by atoms with Crippen LogP contribution in [0.5, 0.6) is 0 Å². The smallest absolute Gasteiger partial charge is 0.274 e. The molecule has 0 amide bonds. The Hall–Kier alpha value is -1.03. The molecular formula is C8H10ClFN2O. The van der Waals surface area contributed by atoms with Gasteiger partial charge in [-0.3, -0.25) is 4.79 Å². The molecular weight excluding hydrogens is 195 g/mol. The third-order valence-corrected chi connectivity index (χ3v) is 2.04. The monoisotopic (exact) mass is 204 g/mol. The molecule has 13 heavy (non-hydrogen) atoms. The molecule has 0 radical (unpaired) electrons. The molecule has 3 nitrogen and oxygen atoms in total. The Kier molecular flexibility index (Phi) is 2.61. The van der Waals surface area contributed by atoms with Gasteiger partial charge in [-0.25, -0.2) is 4.39 Å². The maximum Gasteiger partial charge on any atom is 0.274 e. The second kappa shape index (κ2) is 3.38. The average molecular weight is 205 g/mol. The fraction of sp³-hybridized carbons (Fsp3) is 0.375. The maximum absolute atomic E-state index is 12.6. The second-order valence-corrected chi connectivity index (χ2v) is 2.99. The molecule has 1 saturated carbocycles. The summed E-state index contributed by atoms with van der Waals surface area (Å²) in [5.74, 6) is 0. The number of nitrogen functional groups attached to an aromatic ring is 1. The number of nitrogens with zero attached hydrogens (tertiary/aromatic N) is 1. The van der Waals surface area contributed by atoms with Crippen LogP contribution in [0.15, 0.2) is 23.1 Å². The topological polar surface area (TPSA) is 48.0 Å². The van der Waals surface area contributed by atoms with Gasteiger partial charge in [0.15, 0.2) is 0 Å². The largest absolute Gasteiger partial charge is 0.394 e. The molecule has 0 unspecified atom stereocenters. The number of nitrogens with two attached hydrogens (primary N) is 1. The molecule has 1 fully saturated rings. The summed E-state index contributed by atoms with van der Waals surface area (Å²) < 4.78 is 13.9. The molecule has 1 aromatic heterocycles. The number of hydrogen-bond donors (Lipinski definition) is 1. The molecule has 0 aromatic carbocycles. The Labute approximate surface area is 80.8 Å². The van der Waals surface area contributed by atoms with Gasteiger partial charge in [0, 0.05) is 12.6 Å². The van der Waals surface area contributed by atoms with Crippen molar-refractivity contribution in [1.29, 1.82) is 0 Å². The Balaban J connectivity index is 0.000000845. The predicted octanol–water partition coefficient (Wildman–Crippen LogP) is 1.14. The fourth-order valence-corrected chi connectivity index (χ4v) is 1.23. The van der Waals surface area contributed by atoms with Crippen LogP contribution in [-0.2, 0) is 0 Å². The van der Waals surface area contributed by atoms with E-state index in [1.165, 1.54) is 10.6 Å². The summed E-state index contributed by atoms with van der Waals surface area (Å²) in [6.45, 7) is 0. The van der Waals surface area contributed by atoms with Gasteiger partial charge in [0.25, 0.3) is 5.56 Å². The zero-order valence-electron chi connectivity index (χ0n) is 6.81. The molecule has 0 bridgehead atoms. The molecule has 5 heteroatoms. The Morgan fingerprint density at radius 1 is 1.62 bits per heavy atom. The fourth-order valence-electron chi connectivity index (χ4n) is 1.23. The van der Waals surface area contributed by atoms with Crippen molar-refractivity contribution >= 4 is 18.1 Å². The standard InChI is InChI=1S/C8H9FN2O.ClH/c9-5-4-7(5)11-3-1-2-6(10)8(11)12;/h1-3,5,7H,4,10H2;1H/t5-,7+;/m0./s1. The lowest BCUT2D eigenvalue weighted by Gasteiger charge is -2.02. The van der Waals surface area contributed by atoms with Gasteiger partial charge in [-0.1, -0.05) is 0 Å². The maximum atomic E-state index is 12.6. The van der Waals surface area contributed by atoms with Gasteiger partial charge >= 0.3 is 0 Å². The molecule has 1 aliphatic carbocycles. The van der Waals surface area contributed by atoms with E-state index in [1.54, 1.807) is 12.3 Å². The number of alkyl halides is 1. The molecule has 2 rings (SSSR count). The van der Waals surface area contributed by atoms with Crippen LogP contribution in [0.25, 0.3) is 0 Å². The highest BCUT2D eigenvalue weighted by Crippen LogP contribution is 2.37. The number of anilines is 1. The first-order valence-corrected chi connectivity index (χ1v) is 3.81. The van der Waals surface area contributed by atoms with Crippen molar-refractivity contribution in [1.82, 2.24) is 4.57 Å². The molecule has 2 N–H and O–H groups in total. The van der Waals surface area contributed by atoms with E-state index in [2.05, 4.69) is 0 Å². The van der Waals surface area contributed by atoms with Gasteiger partial charge < -0.3 is 10.3 Å². The molecule has 1 aromatic rings. The van der Waals surface area contributed by atoms with Gasteiger partial charge in [-0.15, -0.1) is 12.4 Å². The third-order valence-electron chi connectivity index (χ3n) is 2.04. The van der Waals surface area contributed by atoms with Crippen molar-refractivity contribution in [3.8, 4) is 0 Å². The van der Waals surface area contributed by atoms with Crippen LogP contribution >= 0.6 is 12.4 Å². The minimum Gasteiger partial charge on any atom is -0.394 e. The summed E-state index contributed by atoms with van der Waals surface area (Å²) in [7, 11) is 0. The summed E-state index contributed by atoms with van der Waals surface area (Å²) >= 11 is 0. The highest BCUT2D eigenvalue weighted by Gasteiger charge is 2.39. The zero-order valence-corrected chi connectivity index (χ0v) is 7.63. The van der Waals surface area contributed by atoms with Crippen LogP contribution in [-0.4, -0.2) is 10.7 Å². The predicted molar refractivity (Wildman–Crippen MR) is 50.9 cm³/mol. The molecule has 0 saturated heterocycles. The van der Waals surface area contributed by atoms with Gasteiger partial charge in [0.1, 0.15) is 6.17 Å². The summed E-state index contributed by atoms with van der Waals surface area (Å²) in [5, 5.41) is 0. The normalized spacial score (nSPS) is 25.0. The lowest BCUT2D eigenvalue weighted by atomic mass is 10.4. The first kappa shape index (κ1) is 10.1. The van der Waals surface area contributed by atoms with Crippen molar-refractivity contribution in [3.63, 3.8) is 0 Å². The lowest BCUT2D eigenvalue weighted by molar-refractivity contribution is 0.438. The Morgan fingerprint density at radius 2 is 2.23 bits per heavy atom. The molecule has 72 valence electrons. The van der Waals surface area contributed by atoms with E-state index >= 15 is 0 Å². The number of aromatic nitrogens is 1. The second-order valence-electron chi connectivity index (χ2n) is 2.99. The third kappa shape index (κ3) is 1.67. The van der Waals surface area contributed by atoms with E-state index in [-0.39, 0.29) is 29.7 Å². The zero-order chi connectivity index (χ0) is 8.72. The number of hydrogen-bond acceptors (Lipinski definition) is 2. The van der Waals surface area contributed by atoms with E-state index in [1.807, 2.05) is 0 Å². The summed E-state index contributed by atoms with van der Waals surface area (Å²) in [4.78, 5) is 11.3. The van der Waals surface area contributed by atoms with Crippen molar-refractivity contribution in [2.45, 2.75) is 18.6 Å². The summed E-state index contributed by atoms with van der Waals surface area (Å²) in [6.07, 6.45) is 1.14. The Bertz CT molecular complexity index is 365. The molecule has 0 spiro atoms. The minimum absolute atomic E-state index is 0. The van der Waals surface area contributed by atoms with Crippen molar-refractivity contribution < 1.29 is 4.39 Å². The van der Waals surface area contributed by atoms with E-state index < -0.39 is 6.17 Å². The number of rotatable bonds is 1. The first-order valence-electron chi connectivity index (χ1n) is 3.81. The highest BCUT2D eigenvalue weighted by molar-refractivity contribution is 5.85. The number of pyridine rings is 1. The quantitative estimate of drug-likeness (QED) is 0.746. The molecule has 2 atom stereocenters. The van der Waals surface area contributed by atoms with E-state index in [9.17, 15) is 9.18 Å². The lowest BCUT2D eigenvalue weighted by Crippen LogP contribution is -2.21. The SMILES string of the molecule is Cl.Nc1cccn([C@@H]2C[C@@H]2F)c1=O. The van der Waals surface area contributed by atoms with Gasteiger partial charge in [-0.2, -0.15) is 0 Å². The van der Waals surface area contributed by atoms with Crippen molar-refractivity contribution in [2.24, 2.45) is 0 Å². The van der Waals surface area contributed by atoms with Crippen LogP contribution in [0.2, 0.25) is 0 Å². The Morgan fingerprint density at radius 3 is 2.77 bits per heavy atom. The number of halogens is 2.